The molecular formula is C10H12ClN5S. The van der Waals surface area contributed by atoms with Gasteiger partial charge in [-0.3, -0.25) is 0 Å². The molecule has 0 aliphatic carbocycles. The van der Waals surface area contributed by atoms with Gasteiger partial charge < -0.3 is 4.90 Å². The second-order valence-electron chi connectivity index (χ2n) is 4.04. The van der Waals surface area contributed by atoms with E-state index in [2.05, 4.69) is 27.0 Å². The third kappa shape index (κ3) is 1.95. The fraction of sp³-hybridized carbons (Fsp3) is 0.500. The van der Waals surface area contributed by atoms with Crippen molar-refractivity contribution in [3.8, 4) is 0 Å². The lowest BCUT2D eigenvalue weighted by atomic mass is 10.2. The molecule has 5 nitrogen and oxygen atoms in total. The van der Waals surface area contributed by atoms with Crippen molar-refractivity contribution in [2.75, 3.05) is 23.5 Å². The van der Waals surface area contributed by atoms with Gasteiger partial charge in [0, 0.05) is 24.9 Å². The monoisotopic (exact) mass is 269 g/mol. The molecule has 7 heteroatoms. The highest BCUT2D eigenvalue weighted by Gasteiger charge is 2.22. The van der Waals surface area contributed by atoms with Gasteiger partial charge >= 0.3 is 0 Å². The molecule has 1 fully saturated rings. The van der Waals surface area contributed by atoms with Gasteiger partial charge in [-0.15, -0.1) is 0 Å². The number of anilines is 1. The molecule has 1 aliphatic heterocycles. The molecule has 1 unspecified atom stereocenters. The minimum absolute atomic E-state index is 0.456. The first-order chi connectivity index (χ1) is 8.25. The third-order valence-electron chi connectivity index (χ3n) is 3.02. The SMILES string of the molecule is CN(c1cc(Cl)nc2ncnn12)C1CCSC1. The third-order valence-corrected chi connectivity index (χ3v) is 4.35. The Bertz CT molecular complexity index is 536. The summed E-state index contributed by atoms with van der Waals surface area (Å²) < 4.78 is 1.73. The van der Waals surface area contributed by atoms with Crippen LogP contribution in [0.5, 0.6) is 0 Å². The fourth-order valence-corrected chi connectivity index (χ4v) is 3.48. The van der Waals surface area contributed by atoms with Gasteiger partial charge in [0.2, 0.25) is 0 Å². The minimum atomic E-state index is 0.456. The average Bonchev–Trinajstić information content (AvgIpc) is 2.97. The first-order valence-corrected chi connectivity index (χ1v) is 6.96. The van der Waals surface area contributed by atoms with Crippen LogP contribution in [0.15, 0.2) is 12.4 Å². The fourth-order valence-electron chi connectivity index (χ4n) is 2.03. The van der Waals surface area contributed by atoms with Gasteiger partial charge in [0.15, 0.2) is 0 Å². The Morgan fingerprint density at radius 3 is 3.24 bits per heavy atom. The largest absolute Gasteiger partial charge is 0.356 e. The predicted octanol–water partition coefficient (Wildman–Crippen LogP) is 1.72. The van der Waals surface area contributed by atoms with Gasteiger partial charge in [0.05, 0.1) is 0 Å². The molecule has 90 valence electrons. The highest BCUT2D eigenvalue weighted by molar-refractivity contribution is 7.99. The van der Waals surface area contributed by atoms with Crippen molar-refractivity contribution in [3.05, 3.63) is 17.5 Å². The molecule has 0 amide bonds. The van der Waals surface area contributed by atoms with Crippen molar-refractivity contribution in [2.45, 2.75) is 12.5 Å². The summed E-state index contributed by atoms with van der Waals surface area (Å²) >= 11 is 7.99. The van der Waals surface area contributed by atoms with E-state index in [0.717, 1.165) is 11.6 Å². The highest BCUT2D eigenvalue weighted by atomic mass is 35.5. The van der Waals surface area contributed by atoms with Gasteiger partial charge in [-0.1, -0.05) is 11.6 Å². The van der Waals surface area contributed by atoms with Crippen LogP contribution in [0.2, 0.25) is 5.15 Å². The summed E-state index contributed by atoms with van der Waals surface area (Å²) in [6, 6.07) is 2.37. The van der Waals surface area contributed by atoms with E-state index < -0.39 is 0 Å². The second kappa shape index (κ2) is 4.34. The lowest BCUT2D eigenvalue weighted by Crippen LogP contribution is -2.33. The Morgan fingerprint density at radius 1 is 1.59 bits per heavy atom. The van der Waals surface area contributed by atoms with Crippen molar-refractivity contribution in [1.29, 1.82) is 0 Å². The lowest BCUT2D eigenvalue weighted by Gasteiger charge is -2.25. The van der Waals surface area contributed by atoms with Gasteiger partial charge in [-0.25, -0.2) is 0 Å². The van der Waals surface area contributed by atoms with E-state index in [0.29, 0.717) is 17.0 Å². The average molecular weight is 270 g/mol. The number of aromatic nitrogens is 4. The quantitative estimate of drug-likeness (QED) is 0.777. The van der Waals surface area contributed by atoms with E-state index in [4.69, 9.17) is 11.6 Å². The van der Waals surface area contributed by atoms with Crippen LogP contribution in [0.4, 0.5) is 5.82 Å². The van der Waals surface area contributed by atoms with E-state index in [-0.39, 0.29) is 0 Å². The van der Waals surface area contributed by atoms with Crippen molar-refractivity contribution < 1.29 is 0 Å². The van der Waals surface area contributed by atoms with Gasteiger partial charge in [0.1, 0.15) is 17.3 Å². The smallest absolute Gasteiger partial charge is 0.255 e. The van der Waals surface area contributed by atoms with Gasteiger partial charge in [-0.05, 0) is 12.2 Å². The number of hydrogen-bond donors (Lipinski definition) is 0. The molecule has 1 atom stereocenters. The van der Waals surface area contributed by atoms with Crippen LogP contribution in [-0.2, 0) is 0 Å². The van der Waals surface area contributed by atoms with Crippen LogP contribution in [-0.4, -0.2) is 44.2 Å². The number of hydrogen-bond acceptors (Lipinski definition) is 5. The topological polar surface area (TPSA) is 46.3 Å². The number of thioether (sulfide) groups is 1. The van der Waals surface area contributed by atoms with E-state index >= 15 is 0 Å². The molecule has 0 saturated carbocycles. The zero-order valence-corrected chi connectivity index (χ0v) is 10.9. The zero-order chi connectivity index (χ0) is 11.8. The molecule has 0 spiro atoms. The summed E-state index contributed by atoms with van der Waals surface area (Å²) in [6.07, 6.45) is 2.69. The summed E-state index contributed by atoms with van der Waals surface area (Å²) in [4.78, 5) is 10.4. The highest BCUT2D eigenvalue weighted by Crippen LogP contribution is 2.26. The first-order valence-electron chi connectivity index (χ1n) is 5.42. The molecule has 0 N–H and O–H groups in total. The maximum Gasteiger partial charge on any atom is 0.255 e. The molecular weight excluding hydrogens is 258 g/mol. The van der Waals surface area contributed by atoms with Gasteiger partial charge in [0.25, 0.3) is 5.78 Å². The maximum absolute atomic E-state index is 6.01. The summed E-state index contributed by atoms with van der Waals surface area (Å²) in [5.74, 6) is 3.86. The Kier molecular flexibility index (Phi) is 2.84. The molecule has 0 radical (unpaired) electrons. The minimum Gasteiger partial charge on any atom is -0.356 e. The summed E-state index contributed by atoms with van der Waals surface area (Å²) in [6.45, 7) is 0. The Morgan fingerprint density at radius 2 is 2.47 bits per heavy atom. The summed E-state index contributed by atoms with van der Waals surface area (Å²) in [5.41, 5.74) is 0. The first kappa shape index (κ1) is 11.1. The van der Waals surface area contributed by atoms with Crippen LogP contribution < -0.4 is 4.90 Å². The number of nitrogens with zero attached hydrogens (tertiary/aromatic N) is 5. The Balaban J connectivity index is 2.05. The molecule has 3 heterocycles. The lowest BCUT2D eigenvalue weighted by molar-refractivity contribution is 0.678. The second-order valence-corrected chi connectivity index (χ2v) is 5.57. The Labute approximate surface area is 108 Å². The molecule has 0 aromatic carbocycles. The van der Waals surface area contributed by atoms with E-state index in [1.165, 1.54) is 18.5 Å². The molecule has 1 aliphatic rings. The van der Waals surface area contributed by atoms with Crippen molar-refractivity contribution in [2.24, 2.45) is 0 Å². The molecule has 2 aromatic rings. The van der Waals surface area contributed by atoms with Crippen LogP contribution in [0.3, 0.4) is 0 Å². The molecule has 17 heavy (non-hydrogen) atoms. The van der Waals surface area contributed by atoms with Crippen molar-refractivity contribution in [1.82, 2.24) is 19.6 Å². The number of halogens is 1. The molecule has 2 aromatic heterocycles. The molecule has 3 rings (SSSR count). The number of fused-ring (bicyclic) bond motifs is 1. The maximum atomic E-state index is 6.01. The van der Waals surface area contributed by atoms with Crippen LogP contribution >= 0.6 is 23.4 Å². The molecule has 1 saturated heterocycles. The van der Waals surface area contributed by atoms with Crippen LogP contribution in [0, 0.1) is 0 Å². The van der Waals surface area contributed by atoms with Crippen LogP contribution in [0.1, 0.15) is 6.42 Å². The van der Waals surface area contributed by atoms with Crippen molar-refractivity contribution in [3.63, 3.8) is 0 Å². The van der Waals surface area contributed by atoms with E-state index in [1.54, 1.807) is 4.52 Å². The predicted molar refractivity (Wildman–Crippen MR) is 69.9 cm³/mol. The van der Waals surface area contributed by atoms with E-state index in [1.807, 2.05) is 17.8 Å². The standard InChI is InChI=1S/C10H12ClN5S/c1-15(7-2-3-17-5-7)9-4-8(11)14-10-12-6-13-16(9)10/h4,6-7H,2-3,5H2,1H3. The van der Waals surface area contributed by atoms with Crippen molar-refractivity contribution >= 4 is 35.0 Å². The zero-order valence-electron chi connectivity index (χ0n) is 9.38. The Hall–Kier alpha value is -1.01. The van der Waals surface area contributed by atoms with E-state index in [9.17, 15) is 0 Å². The molecule has 0 bridgehead atoms. The van der Waals surface area contributed by atoms with Crippen LogP contribution in [0.25, 0.3) is 5.78 Å². The summed E-state index contributed by atoms with van der Waals surface area (Å²) in [5, 5.41) is 4.64. The normalized spacial score (nSPS) is 20.0. The van der Waals surface area contributed by atoms with Gasteiger partial charge in [-0.2, -0.15) is 31.3 Å². The summed E-state index contributed by atoms with van der Waals surface area (Å²) in [7, 11) is 2.07. The number of rotatable bonds is 2.